The average molecular weight is 267 g/mol. The molecule has 0 amide bonds. The SMILES string of the molecule is COc1cc(C#N)ccc1C=Nc1cc(=O)[nH]cc1C. The van der Waals surface area contributed by atoms with Gasteiger partial charge in [0, 0.05) is 24.0 Å². The van der Waals surface area contributed by atoms with Crippen molar-refractivity contribution in [2.24, 2.45) is 4.99 Å². The summed E-state index contributed by atoms with van der Waals surface area (Å²) in [6, 6.07) is 8.57. The van der Waals surface area contributed by atoms with E-state index in [9.17, 15) is 4.79 Å². The van der Waals surface area contributed by atoms with Crippen LogP contribution in [0.25, 0.3) is 0 Å². The molecule has 1 aromatic carbocycles. The van der Waals surface area contributed by atoms with Crippen molar-refractivity contribution in [3.63, 3.8) is 0 Å². The average Bonchev–Trinajstić information content (AvgIpc) is 2.48. The molecular weight excluding hydrogens is 254 g/mol. The highest BCUT2D eigenvalue weighted by Crippen LogP contribution is 2.20. The minimum absolute atomic E-state index is 0.199. The lowest BCUT2D eigenvalue weighted by atomic mass is 10.1. The minimum Gasteiger partial charge on any atom is -0.496 e. The molecule has 0 atom stereocenters. The lowest BCUT2D eigenvalue weighted by Gasteiger charge is -2.04. The van der Waals surface area contributed by atoms with E-state index in [1.165, 1.54) is 13.2 Å². The number of rotatable bonds is 3. The zero-order valence-electron chi connectivity index (χ0n) is 11.2. The van der Waals surface area contributed by atoms with Crippen LogP contribution in [0.1, 0.15) is 16.7 Å². The van der Waals surface area contributed by atoms with Crippen LogP contribution in [0, 0.1) is 18.3 Å². The van der Waals surface area contributed by atoms with Crippen LogP contribution in [0.5, 0.6) is 5.75 Å². The van der Waals surface area contributed by atoms with E-state index in [-0.39, 0.29) is 5.56 Å². The van der Waals surface area contributed by atoms with E-state index in [0.29, 0.717) is 17.0 Å². The summed E-state index contributed by atoms with van der Waals surface area (Å²) < 4.78 is 5.22. The summed E-state index contributed by atoms with van der Waals surface area (Å²) in [7, 11) is 1.53. The number of pyridine rings is 1. The van der Waals surface area contributed by atoms with E-state index in [1.54, 1.807) is 30.6 Å². The van der Waals surface area contributed by atoms with Crippen molar-refractivity contribution in [2.45, 2.75) is 6.92 Å². The number of H-pyrrole nitrogens is 1. The van der Waals surface area contributed by atoms with Crippen molar-refractivity contribution in [3.8, 4) is 11.8 Å². The van der Waals surface area contributed by atoms with Crippen LogP contribution in [-0.4, -0.2) is 18.3 Å². The Balaban J connectivity index is 2.39. The molecule has 5 heteroatoms. The third kappa shape index (κ3) is 2.93. The predicted molar refractivity (Wildman–Crippen MR) is 76.8 cm³/mol. The van der Waals surface area contributed by atoms with Gasteiger partial charge in [0.05, 0.1) is 24.4 Å². The molecule has 0 spiro atoms. The summed E-state index contributed by atoms with van der Waals surface area (Å²) in [5.74, 6) is 0.565. The van der Waals surface area contributed by atoms with Crippen molar-refractivity contribution in [1.29, 1.82) is 5.26 Å². The number of aromatic amines is 1. The van der Waals surface area contributed by atoms with Crippen molar-refractivity contribution in [3.05, 3.63) is 57.5 Å². The number of nitrogens with one attached hydrogen (secondary N) is 1. The summed E-state index contributed by atoms with van der Waals surface area (Å²) in [6.45, 7) is 1.86. The van der Waals surface area contributed by atoms with Gasteiger partial charge in [0.2, 0.25) is 5.56 Å². The summed E-state index contributed by atoms with van der Waals surface area (Å²) in [5, 5.41) is 8.85. The van der Waals surface area contributed by atoms with Crippen molar-refractivity contribution in [1.82, 2.24) is 4.98 Å². The summed E-state index contributed by atoms with van der Waals surface area (Å²) in [4.78, 5) is 18.1. The highest BCUT2D eigenvalue weighted by Gasteiger charge is 2.03. The number of nitriles is 1. The van der Waals surface area contributed by atoms with Gasteiger partial charge in [-0.1, -0.05) is 0 Å². The molecule has 1 aromatic heterocycles. The predicted octanol–water partition coefficient (Wildman–Crippen LogP) is 2.31. The van der Waals surface area contributed by atoms with Crippen LogP contribution in [0.2, 0.25) is 0 Å². The Kier molecular flexibility index (Phi) is 3.96. The normalized spacial score (nSPS) is 10.4. The Labute approximate surface area is 116 Å². The first-order valence-corrected chi connectivity index (χ1v) is 5.95. The van der Waals surface area contributed by atoms with E-state index in [1.807, 2.05) is 13.0 Å². The van der Waals surface area contributed by atoms with Gasteiger partial charge in [0.15, 0.2) is 0 Å². The van der Waals surface area contributed by atoms with Crippen molar-refractivity contribution >= 4 is 11.9 Å². The Bertz CT molecular complexity index is 754. The molecule has 0 radical (unpaired) electrons. The van der Waals surface area contributed by atoms with Crippen molar-refractivity contribution in [2.75, 3.05) is 7.11 Å². The number of hydrogen-bond donors (Lipinski definition) is 1. The molecule has 0 unspecified atom stereocenters. The van der Waals surface area contributed by atoms with E-state index in [4.69, 9.17) is 10.00 Å². The molecule has 0 saturated carbocycles. The lowest BCUT2D eigenvalue weighted by molar-refractivity contribution is 0.414. The standard InChI is InChI=1S/C15H13N3O2/c1-10-8-18-15(19)6-13(10)17-9-12-4-3-11(7-16)5-14(12)20-2/h3-6,8-9H,1-2H3,(H,18,19). The number of aliphatic imine (C=N–C) groups is 1. The first-order chi connectivity index (χ1) is 9.63. The molecule has 2 aromatic rings. The number of ether oxygens (including phenoxy) is 1. The topological polar surface area (TPSA) is 78.2 Å². The maximum atomic E-state index is 11.3. The van der Waals surface area contributed by atoms with Crippen LogP contribution in [0.3, 0.4) is 0 Å². The van der Waals surface area contributed by atoms with Crippen LogP contribution < -0.4 is 10.3 Å². The third-order valence-electron chi connectivity index (χ3n) is 2.81. The molecular formula is C15H13N3O2. The lowest BCUT2D eigenvalue weighted by Crippen LogP contribution is -2.02. The zero-order valence-corrected chi connectivity index (χ0v) is 11.2. The van der Waals surface area contributed by atoms with Gasteiger partial charge in [0.1, 0.15) is 5.75 Å². The second-order valence-electron chi connectivity index (χ2n) is 4.19. The number of aromatic nitrogens is 1. The van der Waals surface area contributed by atoms with Gasteiger partial charge in [0.25, 0.3) is 0 Å². The molecule has 20 heavy (non-hydrogen) atoms. The summed E-state index contributed by atoms with van der Waals surface area (Å²) >= 11 is 0. The van der Waals surface area contributed by atoms with E-state index in [0.717, 1.165) is 11.1 Å². The highest BCUT2D eigenvalue weighted by molar-refractivity contribution is 5.86. The molecule has 0 bridgehead atoms. The maximum Gasteiger partial charge on any atom is 0.250 e. The van der Waals surface area contributed by atoms with Crippen LogP contribution in [0.15, 0.2) is 40.2 Å². The van der Waals surface area contributed by atoms with Crippen LogP contribution in [0.4, 0.5) is 5.69 Å². The molecule has 5 nitrogen and oxygen atoms in total. The Morgan fingerprint density at radius 1 is 1.40 bits per heavy atom. The number of nitrogens with zero attached hydrogens (tertiary/aromatic N) is 2. The molecule has 100 valence electrons. The molecule has 0 saturated heterocycles. The Hall–Kier alpha value is -2.87. The molecule has 0 aliphatic heterocycles. The Morgan fingerprint density at radius 2 is 2.20 bits per heavy atom. The molecule has 0 fully saturated rings. The number of hydrogen-bond acceptors (Lipinski definition) is 4. The second kappa shape index (κ2) is 5.85. The molecule has 2 rings (SSSR count). The number of aryl methyl sites for hydroxylation is 1. The Morgan fingerprint density at radius 3 is 2.90 bits per heavy atom. The van der Waals surface area contributed by atoms with Gasteiger partial charge in [-0.15, -0.1) is 0 Å². The minimum atomic E-state index is -0.199. The van der Waals surface area contributed by atoms with Gasteiger partial charge in [-0.3, -0.25) is 9.79 Å². The molecule has 0 aliphatic rings. The molecule has 1 heterocycles. The first kappa shape index (κ1) is 13.6. The van der Waals surface area contributed by atoms with Gasteiger partial charge >= 0.3 is 0 Å². The summed E-state index contributed by atoms with van der Waals surface area (Å²) in [5.41, 5.74) is 2.53. The van der Waals surface area contributed by atoms with E-state index in [2.05, 4.69) is 9.98 Å². The molecule has 0 aliphatic carbocycles. The van der Waals surface area contributed by atoms with Crippen LogP contribution in [-0.2, 0) is 0 Å². The largest absolute Gasteiger partial charge is 0.496 e. The fourth-order valence-corrected chi connectivity index (χ4v) is 1.70. The second-order valence-corrected chi connectivity index (χ2v) is 4.19. The summed E-state index contributed by atoms with van der Waals surface area (Å²) in [6.07, 6.45) is 3.23. The van der Waals surface area contributed by atoms with Gasteiger partial charge < -0.3 is 9.72 Å². The maximum absolute atomic E-state index is 11.3. The fraction of sp³-hybridized carbons (Fsp3) is 0.133. The zero-order chi connectivity index (χ0) is 14.5. The van der Waals surface area contributed by atoms with E-state index < -0.39 is 0 Å². The molecule has 1 N–H and O–H groups in total. The van der Waals surface area contributed by atoms with Gasteiger partial charge in [-0.05, 0) is 30.7 Å². The first-order valence-electron chi connectivity index (χ1n) is 5.95. The monoisotopic (exact) mass is 267 g/mol. The van der Waals surface area contributed by atoms with E-state index >= 15 is 0 Å². The quantitative estimate of drug-likeness (QED) is 0.867. The van der Waals surface area contributed by atoms with Crippen LogP contribution >= 0.6 is 0 Å². The number of benzene rings is 1. The van der Waals surface area contributed by atoms with Crippen molar-refractivity contribution < 1.29 is 4.74 Å². The van der Waals surface area contributed by atoms with Gasteiger partial charge in [-0.2, -0.15) is 5.26 Å². The highest BCUT2D eigenvalue weighted by atomic mass is 16.5. The third-order valence-corrected chi connectivity index (χ3v) is 2.81. The number of methoxy groups -OCH3 is 1. The fourth-order valence-electron chi connectivity index (χ4n) is 1.70. The van der Waals surface area contributed by atoms with Gasteiger partial charge in [-0.25, -0.2) is 0 Å². The smallest absolute Gasteiger partial charge is 0.250 e.